The largest absolute Gasteiger partial charge is 0.501 e. The molecule has 1 aromatic carbocycles. The molecule has 1 fully saturated rings. The lowest BCUT2D eigenvalue weighted by Gasteiger charge is -2.34. The number of nitrogens with zero attached hydrogens (tertiary/aromatic N) is 1. The molecule has 6 heteroatoms. The van der Waals surface area contributed by atoms with Gasteiger partial charge in [-0.3, -0.25) is 9.59 Å². The minimum atomic E-state index is -0.236. The van der Waals surface area contributed by atoms with E-state index in [-0.39, 0.29) is 17.7 Å². The highest BCUT2D eigenvalue weighted by Gasteiger charge is 2.25. The van der Waals surface area contributed by atoms with Crippen LogP contribution < -0.4 is 16.0 Å². The molecule has 0 bridgehead atoms. The van der Waals surface area contributed by atoms with Crippen LogP contribution in [-0.2, 0) is 20.9 Å². The number of para-hydroxylation sites is 1. The van der Waals surface area contributed by atoms with Gasteiger partial charge in [-0.15, -0.1) is 0 Å². The number of primary amides is 1. The van der Waals surface area contributed by atoms with Gasteiger partial charge >= 0.3 is 0 Å². The van der Waals surface area contributed by atoms with E-state index in [9.17, 15) is 9.59 Å². The van der Waals surface area contributed by atoms with Gasteiger partial charge in [-0.25, -0.2) is 0 Å². The average molecular weight is 343 g/mol. The van der Waals surface area contributed by atoms with Gasteiger partial charge in [-0.2, -0.15) is 0 Å². The van der Waals surface area contributed by atoms with Gasteiger partial charge in [0.05, 0.1) is 24.4 Å². The Balaban J connectivity index is 1.67. The maximum Gasteiger partial charge on any atom is 0.250 e. The predicted molar refractivity (Wildman–Crippen MR) is 95.7 cm³/mol. The van der Waals surface area contributed by atoms with E-state index >= 15 is 0 Å². The Hall–Kier alpha value is -2.50. The molecular weight excluding hydrogens is 318 g/mol. The van der Waals surface area contributed by atoms with Crippen molar-refractivity contribution >= 4 is 17.5 Å². The first-order chi connectivity index (χ1) is 12.1. The smallest absolute Gasteiger partial charge is 0.250 e. The van der Waals surface area contributed by atoms with Crippen molar-refractivity contribution in [2.45, 2.75) is 32.2 Å². The Bertz CT molecular complexity index is 672. The number of hydrogen-bond donors (Lipinski definition) is 2. The number of piperidine rings is 1. The molecule has 1 saturated heterocycles. The van der Waals surface area contributed by atoms with Crippen molar-refractivity contribution in [1.29, 1.82) is 0 Å². The third-order valence-electron chi connectivity index (χ3n) is 4.82. The molecule has 0 saturated carbocycles. The first-order valence-corrected chi connectivity index (χ1v) is 8.86. The van der Waals surface area contributed by atoms with E-state index in [4.69, 9.17) is 10.5 Å². The molecule has 1 aromatic rings. The summed E-state index contributed by atoms with van der Waals surface area (Å²) in [5.74, 6) is -0.427. The Morgan fingerprint density at radius 1 is 1.28 bits per heavy atom. The second kappa shape index (κ2) is 8.05. The van der Waals surface area contributed by atoms with Crippen LogP contribution in [-0.4, -0.2) is 31.5 Å². The topological polar surface area (TPSA) is 84.7 Å². The molecule has 2 aliphatic heterocycles. The summed E-state index contributed by atoms with van der Waals surface area (Å²) in [6.07, 6.45) is 4.97. The SMILES string of the molecule is NC(=O)[C@@H]1CCCN(c2ccccc2CNC(=O)C2=COCCC2)C1. The summed E-state index contributed by atoms with van der Waals surface area (Å²) in [7, 11) is 0. The Kier molecular flexibility index (Phi) is 5.58. The van der Waals surface area contributed by atoms with Crippen LogP contribution >= 0.6 is 0 Å². The number of ether oxygens (including phenoxy) is 1. The third-order valence-corrected chi connectivity index (χ3v) is 4.82. The van der Waals surface area contributed by atoms with Crippen LogP contribution in [0, 0.1) is 5.92 Å². The number of anilines is 1. The van der Waals surface area contributed by atoms with Crippen molar-refractivity contribution in [3.05, 3.63) is 41.7 Å². The van der Waals surface area contributed by atoms with E-state index in [2.05, 4.69) is 10.2 Å². The fourth-order valence-electron chi connectivity index (χ4n) is 3.42. The molecule has 2 heterocycles. The second-order valence-electron chi connectivity index (χ2n) is 6.62. The lowest BCUT2D eigenvalue weighted by molar-refractivity contribution is -0.122. The molecule has 0 radical (unpaired) electrons. The molecular formula is C19H25N3O3. The Labute approximate surface area is 148 Å². The number of carbonyl (C=O) groups is 2. The van der Waals surface area contributed by atoms with Crippen molar-refractivity contribution < 1.29 is 14.3 Å². The summed E-state index contributed by atoms with van der Waals surface area (Å²) in [6.45, 7) is 2.66. The summed E-state index contributed by atoms with van der Waals surface area (Å²) < 4.78 is 5.23. The number of benzene rings is 1. The van der Waals surface area contributed by atoms with E-state index < -0.39 is 0 Å². The fourth-order valence-corrected chi connectivity index (χ4v) is 3.42. The second-order valence-corrected chi connectivity index (χ2v) is 6.62. The number of hydrogen-bond acceptors (Lipinski definition) is 4. The van der Waals surface area contributed by atoms with E-state index in [1.54, 1.807) is 6.26 Å². The molecule has 3 N–H and O–H groups in total. The van der Waals surface area contributed by atoms with E-state index in [1.165, 1.54) is 0 Å². The van der Waals surface area contributed by atoms with Crippen LogP contribution in [0.5, 0.6) is 0 Å². The normalized spacial score (nSPS) is 20.4. The Morgan fingerprint density at radius 3 is 2.88 bits per heavy atom. The molecule has 3 rings (SSSR count). The number of rotatable bonds is 5. The van der Waals surface area contributed by atoms with Crippen molar-refractivity contribution in [3.8, 4) is 0 Å². The number of nitrogens with one attached hydrogen (secondary N) is 1. The highest BCUT2D eigenvalue weighted by molar-refractivity contribution is 5.93. The van der Waals surface area contributed by atoms with Crippen molar-refractivity contribution in [1.82, 2.24) is 5.32 Å². The van der Waals surface area contributed by atoms with Crippen molar-refractivity contribution in [3.63, 3.8) is 0 Å². The average Bonchev–Trinajstić information content (AvgIpc) is 2.67. The lowest BCUT2D eigenvalue weighted by Crippen LogP contribution is -2.41. The van der Waals surface area contributed by atoms with Crippen molar-refractivity contribution in [2.75, 3.05) is 24.6 Å². The van der Waals surface area contributed by atoms with Gasteiger partial charge in [0, 0.05) is 25.3 Å². The zero-order valence-corrected chi connectivity index (χ0v) is 14.4. The van der Waals surface area contributed by atoms with E-state index in [0.29, 0.717) is 25.3 Å². The predicted octanol–water partition coefficient (Wildman–Crippen LogP) is 1.70. The van der Waals surface area contributed by atoms with Crippen LogP contribution in [0.1, 0.15) is 31.2 Å². The summed E-state index contributed by atoms with van der Waals surface area (Å²) in [5, 5.41) is 2.98. The zero-order chi connectivity index (χ0) is 17.6. The molecule has 0 aliphatic carbocycles. The summed E-state index contributed by atoms with van der Waals surface area (Å²) in [6, 6.07) is 7.98. The van der Waals surface area contributed by atoms with Crippen molar-refractivity contribution in [2.24, 2.45) is 11.7 Å². The number of carbonyl (C=O) groups excluding carboxylic acids is 2. The maximum absolute atomic E-state index is 12.3. The first-order valence-electron chi connectivity index (χ1n) is 8.86. The summed E-state index contributed by atoms with van der Waals surface area (Å²) in [4.78, 5) is 26.0. The van der Waals surface area contributed by atoms with Gasteiger partial charge < -0.3 is 20.7 Å². The van der Waals surface area contributed by atoms with E-state index in [1.807, 2.05) is 24.3 Å². The minimum absolute atomic E-state index is 0.0804. The van der Waals surface area contributed by atoms with Gasteiger partial charge in [-0.1, -0.05) is 18.2 Å². The van der Waals surface area contributed by atoms with Crippen LogP contribution in [0.3, 0.4) is 0 Å². The molecule has 0 spiro atoms. The minimum Gasteiger partial charge on any atom is -0.501 e. The monoisotopic (exact) mass is 343 g/mol. The summed E-state index contributed by atoms with van der Waals surface area (Å²) >= 11 is 0. The van der Waals surface area contributed by atoms with Gasteiger partial charge in [-0.05, 0) is 37.3 Å². The van der Waals surface area contributed by atoms with Crippen LogP contribution in [0.2, 0.25) is 0 Å². The molecule has 2 amide bonds. The van der Waals surface area contributed by atoms with Crippen LogP contribution in [0.15, 0.2) is 36.1 Å². The standard InChI is InChI=1S/C19H25N3O3/c20-18(23)15-6-3-9-22(12-15)17-8-2-1-5-14(17)11-21-19(24)16-7-4-10-25-13-16/h1-2,5,8,13,15H,3-4,6-7,9-12H2,(H2,20,23)(H,21,24)/t15-/m1/s1. The maximum atomic E-state index is 12.3. The molecule has 0 unspecified atom stereocenters. The van der Waals surface area contributed by atoms with Crippen LogP contribution in [0.25, 0.3) is 0 Å². The van der Waals surface area contributed by atoms with Gasteiger partial charge in [0.2, 0.25) is 5.91 Å². The van der Waals surface area contributed by atoms with E-state index in [0.717, 1.165) is 43.5 Å². The lowest BCUT2D eigenvalue weighted by atomic mass is 9.96. The molecule has 2 aliphatic rings. The molecule has 25 heavy (non-hydrogen) atoms. The van der Waals surface area contributed by atoms with Gasteiger partial charge in [0.1, 0.15) is 0 Å². The highest BCUT2D eigenvalue weighted by atomic mass is 16.5. The van der Waals surface area contributed by atoms with Gasteiger partial charge in [0.25, 0.3) is 5.91 Å². The van der Waals surface area contributed by atoms with Crippen LogP contribution in [0.4, 0.5) is 5.69 Å². The Morgan fingerprint density at radius 2 is 2.12 bits per heavy atom. The fraction of sp³-hybridized carbons (Fsp3) is 0.474. The summed E-state index contributed by atoms with van der Waals surface area (Å²) in [5.41, 5.74) is 8.27. The zero-order valence-electron chi connectivity index (χ0n) is 14.4. The molecule has 0 aromatic heterocycles. The highest BCUT2D eigenvalue weighted by Crippen LogP contribution is 2.26. The van der Waals surface area contributed by atoms with Gasteiger partial charge in [0.15, 0.2) is 0 Å². The quantitative estimate of drug-likeness (QED) is 0.852. The molecule has 6 nitrogen and oxygen atoms in total. The number of nitrogens with two attached hydrogens (primary N) is 1. The number of amides is 2. The first kappa shape index (κ1) is 17.3. The third kappa shape index (κ3) is 4.32. The molecule has 1 atom stereocenters. The molecule has 134 valence electrons.